The summed E-state index contributed by atoms with van der Waals surface area (Å²) in [5.74, 6) is 1.57. The molecule has 3 aromatic heterocycles. The predicted molar refractivity (Wildman–Crippen MR) is 101 cm³/mol. The molecule has 1 amide bonds. The topological polar surface area (TPSA) is 84.2 Å². The number of amides is 1. The fourth-order valence-corrected chi connectivity index (χ4v) is 2.70. The van der Waals surface area contributed by atoms with E-state index in [9.17, 15) is 4.79 Å². The maximum absolute atomic E-state index is 12.3. The Morgan fingerprint density at radius 2 is 2.08 bits per heavy atom. The molecule has 0 aliphatic heterocycles. The van der Waals surface area contributed by atoms with Gasteiger partial charge in [-0.3, -0.25) is 4.79 Å². The lowest BCUT2D eigenvalue weighted by molar-refractivity contribution is 0.0955. The third-order valence-corrected chi connectivity index (χ3v) is 4.03. The number of anilines is 1. The van der Waals surface area contributed by atoms with Crippen LogP contribution in [-0.4, -0.2) is 38.6 Å². The molecule has 3 heterocycles. The molecular formula is C19H24N6O. The zero-order valence-electron chi connectivity index (χ0n) is 15.2. The number of hydrogen-bond acceptors (Lipinski definition) is 5. The first-order valence-electron chi connectivity index (χ1n) is 8.96. The maximum atomic E-state index is 12.3. The van der Waals surface area contributed by atoms with E-state index in [1.165, 1.54) is 0 Å². The quantitative estimate of drug-likeness (QED) is 0.609. The van der Waals surface area contributed by atoms with Crippen LogP contribution in [0.2, 0.25) is 0 Å². The molecule has 0 radical (unpaired) electrons. The van der Waals surface area contributed by atoms with Crippen LogP contribution >= 0.6 is 0 Å². The average Bonchev–Trinajstić information content (AvgIpc) is 3.10. The third-order valence-electron chi connectivity index (χ3n) is 4.03. The van der Waals surface area contributed by atoms with Crippen LogP contribution in [0.5, 0.6) is 0 Å². The summed E-state index contributed by atoms with van der Waals surface area (Å²) in [6, 6.07) is 7.37. The van der Waals surface area contributed by atoms with Crippen molar-refractivity contribution in [2.24, 2.45) is 0 Å². The normalized spacial score (nSPS) is 10.8. The summed E-state index contributed by atoms with van der Waals surface area (Å²) >= 11 is 0. The molecule has 0 spiro atoms. The molecule has 0 saturated heterocycles. The summed E-state index contributed by atoms with van der Waals surface area (Å²) in [6.07, 6.45) is 6.59. The van der Waals surface area contributed by atoms with Crippen LogP contribution in [0.1, 0.15) is 41.6 Å². The van der Waals surface area contributed by atoms with Crippen molar-refractivity contribution in [3.05, 3.63) is 53.7 Å². The number of fused-ring (bicyclic) bond motifs is 1. The molecule has 0 aromatic carbocycles. The van der Waals surface area contributed by atoms with Crippen LogP contribution in [-0.2, 0) is 6.42 Å². The van der Waals surface area contributed by atoms with E-state index < -0.39 is 0 Å². The molecule has 26 heavy (non-hydrogen) atoms. The molecule has 3 rings (SSSR count). The lowest BCUT2D eigenvalue weighted by atomic mass is 10.2. The van der Waals surface area contributed by atoms with Gasteiger partial charge in [-0.25, -0.2) is 14.5 Å². The predicted octanol–water partition coefficient (Wildman–Crippen LogP) is 2.62. The van der Waals surface area contributed by atoms with Gasteiger partial charge in [0.25, 0.3) is 5.91 Å². The van der Waals surface area contributed by atoms with Crippen LogP contribution in [0.3, 0.4) is 0 Å². The molecule has 0 unspecified atom stereocenters. The first-order chi connectivity index (χ1) is 12.7. The van der Waals surface area contributed by atoms with Gasteiger partial charge in [-0.1, -0.05) is 13.3 Å². The Bertz CT molecular complexity index is 889. The Hall–Kier alpha value is -2.96. The van der Waals surface area contributed by atoms with Crippen molar-refractivity contribution in [3.8, 4) is 0 Å². The SMILES string of the molecule is CCCCc1nc(C)cc(NCCNC(=O)c2ccn3nccc3c2)n1. The van der Waals surface area contributed by atoms with Crippen molar-refractivity contribution in [2.75, 3.05) is 18.4 Å². The Morgan fingerprint density at radius 3 is 2.92 bits per heavy atom. The van der Waals surface area contributed by atoms with Crippen molar-refractivity contribution in [3.63, 3.8) is 0 Å². The second-order valence-electron chi connectivity index (χ2n) is 6.21. The number of pyridine rings is 1. The second kappa shape index (κ2) is 8.42. The molecule has 0 atom stereocenters. The molecule has 0 aliphatic carbocycles. The summed E-state index contributed by atoms with van der Waals surface area (Å²) in [5.41, 5.74) is 2.47. The number of unbranched alkanes of at least 4 members (excludes halogenated alkanes) is 1. The molecule has 0 fully saturated rings. The first-order valence-corrected chi connectivity index (χ1v) is 8.96. The highest BCUT2D eigenvalue weighted by Gasteiger charge is 2.06. The lowest BCUT2D eigenvalue weighted by Crippen LogP contribution is -2.29. The Balaban J connectivity index is 1.50. The van der Waals surface area contributed by atoms with Gasteiger partial charge in [-0.15, -0.1) is 0 Å². The monoisotopic (exact) mass is 352 g/mol. The van der Waals surface area contributed by atoms with Crippen LogP contribution in [0.25, 0.3) is 5.52 Å². The number of carbonyl (C=O) groups excluding carboxylic acids is 1. The van der Waals surface area contributed by atoms with E-state index >= 15 is 0 Å². The van der Waals surface area contributed by atoms with E-state index in [0.29, 0.717) is 18.7 Å². The molecule has 3 aromatic rings. The van der Waals surface area contributed by atoms with E-state index in [4.69, 9.17) is 0 Å². The molecule has 2 N–H and O–H groups in total. The lowest BCUT2D eigenvalue weighted by Gasteiger charge is -2.09. The zero-order valence-corrected chi connectivity index (χ0v) is 15.2. The molecule has 0 bridgehead atoms. The molecule has 7 nitrogen and oxygen atoms in total. The van der Waals surface area contributed by atoms with Gasteiger partial charge < -0.3 is 10.6 Å². The van der Waals surface area contributed by atoms with Gasteiger partial charge in [0.2, 0.25) is 0 Å². The second-order valence-corrected chi connectivity index (χ2v) is 6.21. The van der Waals surface area contributed by atoms with Gasteiger partial charge in [0, 0.05) is 49.2 Å². The van der Waals surface area contributed by atoms with Crippen molar-refractivity contribution < 1.29 is 4.79 Å². The highest BCUT2D eigenvalue weighted by Crippen LogP contribution is 2.08. The minimum atomic E-state index is -0.0991. The molecule has 0 aliphatic rings. The summed E-state index contributed by atoms with van der Waals surface area (Å²) in [7, 11) is 0. The van der Waals surface area contributed by atoms with Crippen molar-refractivity contribution in [1.82, 2.24) is 24.9 Å². The van der Waals surface area contributed by atoms with Crippen LogP contribution in [0, 0.1) is 6.92 Å². The number of rotatable bonds is 8. The van der Waals surface area contributed by atoms with E-state index in [0.717, 1.165) is 42.1 Å². The van der Waals surface area contributed by atoms with Gasteiger partial charge in [0.1, 0.15) is 11.6 Å². The maximum Gasteiger partial charge on any atom is 0.251 e. The smallest absolute Gasteiger partial charge is 0.251 e. The van der Waals surface area contributed by atoms with Crippen LogP contribution in [0.4, 0.5) is 5.82 Å². The highest BCUT2D eigenvalue weighted by molar-refractivity contribution is 5.95. The van der Waals surface area contributed by atoms with Gasteiger partial charge in [0.05, 0.1) is 5.52 Å². The van der Waals surface area contributed by atoms with Gasteiger partial charge in [0.15, 0.2) is 0 Å². The molecule has 0 saturated carbocycles. The minimum absolute atomic E-state index is 0.0991. The highest BCUT2D eigenvalue weighted by atomic mass is 16.1. The van der Waals surface area contributed by atoms with Gasteiger partial charge in [-0.2, -0.15) is 5.10 Å². The van der Waals surface area contributed by atoms with Crippen molar-refractivity contribution in [1.29, 1.82) is 0 Å². The van der Waals surface area contributed by atoms with Gasteiger partial charge >= 0.3 is 0 Å². The van der Waals surface area contributed by atoms with E-state index in [1.54, 1.807) is 23.0 Å². The van der Waals surface area contributed by atoms with Crippen molar-refractivity contribution in [2.45, 2.75) is 33.1 Å². The van der Waals surface area contributed by atoms with Gasteiger partial charge in [-0.05, 0) is 31.5 Å². The van der Waals surface area contributed by atoms with Crippen LogP contribution < -0.4 is 10.6 Å². The van der Waals surface area contributed by atoms with Crippen LogP contribution in [0.15, 0.2) is 36.7 Å². The number of carbonyl (C=O) groups is 1. The third kappa shape index (κ3) is 4.56. The van der Waals surface area contributed by atoms with E-state index in [1.807, 2.05) is 25.1 Å². The fraction of sp³-hybridized carbons (Fsp3) is 0.368. The summed E-state index contributed by atoms with van der Waals surface area (Å²) < 4.78 is 1.73. The number of hydrogen-bond donors (Lipinski definition) is 2. The number of aromatic nitrogens is 4. The van der Waals surface area contributed by atoms with E-state index in [-0.39, 0.29) is 5.91 Å². The molecule has 136 valence electrons. The van der Waals surface area contributed by atoms with Crippen molar-refractivity contribution >= 4 is 17.2 Å². The number of nitrogens with one attached hydrogen (secondary N) is 2. The Kier molecular flexibility index (Phi) is 5.78. The van der Waals surface area contributed by atoms with E-state index in [2.05, 4.69) is 32.6 Å². The number of nitrogens with zero attached hydrogens (tertiary/aromatic N) is 4. The summed E-state index contributed by atoms with van der Waals surface area (Å²) in [5, 5.41) is 10.3. The molecular weight excluding hydrogens is 328 g/mol. The zero-order chi connectivity index (χ0) is 18.4. The minimum Gasteiger partial charge on any atom is -0.368 e. The average molecular weight is 352 g/mol. The largest absolute Gasteiger partial charge is 0.368 e. The standard InChI is InChI=1S/C19H24N6O/c1-3-4-5-17-23-14(2)12-18(24-17)20-9-10-21-19(26)15-7-11-25-16(13-15)6-8-22-25/h6-8,11-13H,3-5,9-10H2,1-2H3,(H,21,26)(H,20,23,24). The first kappa shape index (κ1) is 17.8. The Labute approximate surface area is 152 Å². The fourth-order valence-electron chi connectivity index (χ4n) is 2.70. The summed E-state index contributed by atoms with van der Waals surface area (Å²) in [6.45, 7) is 5.24. The Morgan fingerprint density at radius 1 is 1.19 bits per heavy atom. The number of aryl methyl sites for hydroxylation is 2. The summed E-state index contributed by atoms with van der Waals surface area (Å²) in [4.78, 5) is 21.2. The molecule has 7 heteroatoms.